The molecule has 0 atom stereocenters. The average Bonchev–Trinajstić information content (AvgIpc) is 3.73. The molecule has 0 spiro atoms. The van der Waals surface area contributed by atoms with Crippen molar-refractivity contribution in [2.24, 2.45) is 0 Å². The first kappa shape index (κ1) is 27.3. The van der Waals surface area contributed by atoms with Gasteiger partial charge in [-0.05, 0) is 83.8 Å². The van der Waals surface area contributed by atoms with Crippen LogP contribution >= 0.6 is 0 Å². The summed E-state index contributed by atoms with van der Waals surface area (Å²) < 4.78 is 0. The molecule has 0 unspecified atom stereocenters. The molecule has 0 aromatic carbocycles. The highest BCUT2D eigenvalue weighted by Crippen LogP contribution is 2.22. The zero-order chi connectivity index (χ0) is 25.9. The van der Waals surface area contributed by atoms with E-state index in [2.05, 4.69) is 42.9 Å². The van der Waals surface area contributed by atoms with E-state index < -0.39 is 5.97 Å². The smallest absolute Gasteiger partial charge is 0.352 e. The van der Waals surface area contributed by atoms with E-state index in [9.17, 15) is 4.79 Å². The summed E-state index contributed by atoms with van der Waals surface area (Å²) in [4.78, 5) is 31.4. The lowest BCUT2D eigenvalue weighted by Crippen LogP contribution is -1.98. The number of carbonyl (C=O) groups is 1. The van der Waals surface area contributed by atoms with Crippen molar-refractivity contribution in [2.45, 2.75) is 14.4 Å². The zero-order valence-corrected chi connectivity index (χ0v) is 20.2. The summed E-state index contributed by atoms with van der Waals surface area (Å²) in [6.45, 7) is 2.07. The molecule has 0 aliphatic rings. The largest absolute Gasteiger partial charge is 0.477 e. The Labute approximate surface area is 221 Å². The van der Waals surface area contributed by atoms with Crippen molar-refractivity contribution in [2.75, 3.05) is 0 Å². The summed E-state index contributed by atoms with van der Waals surface area (Å²) in [7, 11) is 0. The van der Waals surface area contributed by atoms with Gasteiger partial charge in [-0.2, -0.15) is 0 Å². The van der Waals surface area contributed by atoms with E-state index in [1.807, 2.05) is 61.3 Å². The lowest BCUT2D eigenvalue weighted by atomic mass is 10.1. The van der Waals surface area contributed by atoms with Crippen LogP contribution in [0.2, 0.25) is 0 Å². The number of pyridine rings is 3. The average molecular weight is 507 g/mol. The van der Waals surface area contributed by atoms with Gasteiger partial charge in [-0.3, -0.25) is 15.0 Å². The first-order valence-electron chi connectivity index (χ1n) is 11.5. The van der Waals surface area contributed by atoms with Gasteiger partial charge in [0.1, 0.15) is 5.69 Å². The third kappa shape index (κ3) is 7.14. The Morgan fingerprint density at radius 2 is 1.13 bits per heavy atom. The number of hydrogen-bond donors (Lipinski definition) is 4. The highest BCUT2D eigenvalue weighted by Gasteiger charge is 2.11. The van der Waals surface area contributed by atoms with Crippen LogP contribution in [-0.2, 0) is 0 Å². The van der Waals surface area contributed by atoms with Gasteiger partial charge in [0.25, 0.3) is 0 Å². The highest BCUT2D eigenvalue weighted by atomic mass is 16.4. The summed E-state index contributed by atoms with van der Waals surface area (Å²) in [5.74, 6) is -0.957. The van der Waals surface area contributed by atoms with E-state index in [1.165, 1.54) is 27.9 Å². The number of carboxylic acid groups (broad SMARTS) is 1. The van der Waals surface area contributed by atoms with Crippen molar-refractivity contribution in [1.82, 2.24) is 29.9 Å². The monoisotopic (exact) mass is 506 g/mol. The van der Waals surface area contributed by atoms with Gasteiger partial charge in [0.2, 0.25) is 0 Å². The standard InChI is InChI=1S/C10H8N2O2.C10H10N2.C9H8N2.CH4/c13-10(14)9-8(3-6-12-9)7-1-4-11-5-2-7;1-8-10(4-7-12-8)9-2-5-11-6-3-9;1-4-10-5-2-8(1)9-3-6-11-7-9;/h1-6,12H,(H,13,14);2-7,12H,1H3;1-7,11H;1H4. The van der Waals surface area contributed by atoms with E-state index in [0.29, 0.717) is 5.56 Å². The van der Waals surface area contributed by atoms with Crippen molar-refractivity contribution < 1.29 is 9.90 Å². The number of nitrogens with one attached hydrogen (secondary N) is 3. The van der Waals surface area contributed by atoms with E-state index in [1.54, 1.807) is 49.2 Å². The van der Waals surface area contributed by atoms with Crippen molar-refractivity contribution in [3.63, 3.8) is 0 Å². The number of rotatable bonds is 4. The molecule has 6 aromatic heterocycles. The predicted molar refractivity (Wildman–Crippen MR) is 150 cm³/mol. The third-order valence-corrected chi connectivity index (χ3v) is 5.51. The van der Waals surface area contributed by atoms with Gasteiger partial charge in [-0.15, -0.1) is 0 Å². The second kappa shape index (κ2) is 13.7. The maximum atomic E-state index is 10.8. The van der Waals surface area contributed by atoms with Crippen LogP contribution in [-0.4, -0.2) is 41.0 Å². The Hall–Kier alpha value is -5.24. The molecule has 0 amide bonds. The summed E-state index contributed by atoms with van der Waals surface area (Å²) >= 11 is 0. The molecule has 0 aliphatic carbocycles. The van der Waals surface area contributed by atoms with Crippen LogP contribution in [0.3, 0.4) is 0 Å². The number of aromatic nitrogens is 6. The zero-order valence-electron chi connectivity index (χ0n) is 20.2. The second-order valence-corrected chi connectivity index (χ2v) is 7.90. The lowest BCUT2D eigenvalue weighted by Gasteiger charge is -1.98. The molecule has 0 saturated heterocycles. The van der Waals surface area contributed by atoms with Gasteiger partial charge in [-0.25, -0.2) is 4.79 Å². The molecule has 6 rings (SSSR count). The van der Waals surface area contributed by atoms with Crippen molar-refractivity contribution in [3.05, 3.63) is 128 Å². The molecule has 0 bridgehead atoms. The van der Waals surface area contributed by atoms with Gasteiger partial charge in [0.15, 0.2) is 0 Å². The molecule has 38 heavy (non-hydrogen) atoms. The summed E-state index contributed by atoms with van der Waals surface area (Å²) in [6.07, 6.45) is 17.9. The van der Waals surface area contributed by atoms with Crippen molar-refractivity contribution in [3.8, 4) is 33.4 Å². The summed E-state index contributed by atoms with van der Waals surface area (Å²) in [5.41, 5.74) is 7.78. The molecule has 0 fully saturated rings. The van der Waals surface area contributed by atoms with Gasteiger partial charge in [-0.1, -0.05) is 7.43 Å². The van der Waals surface area contributed by atoms with Crippen LogP contribution in [0.25, 0.3) is 33.4 Å². The molecule has 6 aromatic rings. The van der Waals surface area contributed by atoms with Crippen LogP contribution in [0.4, 0.5) is 0 Å². The number of nitrogens with zero attached hydrogens (tertiary/aromatic N) is 3. The maximum Gasteiger partial charge on any atom is 0.352 e. The van der Waals surface area contributed by atoms with Gasteiger partial charge in [0.05, 0.1) is 0 Å². The number of carboxylic acids is 1. The molecular weight excluding hydrogens is 476 g/mol. The molecule has 0 saturated carbocycles. The Balaban J connectivity index is 0.000000157. The number of aromatic carboxylic acids is 1. The fraction of sp³-hybridized carbons (Fsp3) is 0.0667. The molecule has 0 aliphatic heterocycles. The first-order valence-corrected chi connectivity index (χ1v) is 11.5. The molecule has 4 N–H and O–H groups in total. The fourth-order valence-electron chi connectivity index (χ4n) is 3.66. The lowest BCUT2D eigenvalue weighted by molar-refractivity contribution is 0.0692. The summed E-state index contributed by atoms with van der Waals surface area (Å²) in [6, 6.07) is 17.4. The molecule has 192 valence electrons. The number of aromatic amines is 3. The van der Waals surface area contributed by atoms with Crippen molar-refractivity contribution >= 4 is 5.97 Å². The number of aryl methyl sites for hydroxylation is 1. The molecule has 8 nitrogen and oxygen atoms in total. The van der Waals surface area contributed by atoms with Crippen LogP contribution in [0.15, 0.2) is 117 Å². The van der Waals surface area contributed by atoms with E-state index in [-0.39, 0.29) is 13.1 Å². The van der Waals surface area contributed by atoms with Crippen molar-refractivity contribution in [1.29, 1.82) is 0 Å². The van der Waals surface area contributed by atoms with E-state index in [4.69, 9.17) is 5.11 Å². The van der Waals surface area contributed by atoms with Gasteiger partial charge < -0.3 is 20.1 Å². The quantitative estimate of drug-likeness (QED) is 0.208. The summed E-state index contributed by atoms with van der Waals surface area (Å²) in [5, 5.41) is 8.87. The minimum Gasteiger partial charge on any atom is -0.477 e. The Bertz CT molecular complexity index is 1490. The number of hydrogen-bond acceptors (Lipinski definition) is 4. The van der Waals surface area contributed by atoms with Crippen LogP contribution < -0.4 is 0 Å². The molecule has 0 radical (unpaired) electrons. The van der Waals surface area contributed by atoms with Crippen LogP contribution in [0.1, 0.15) is 23.6 Å². The molecule has 8 heteroatoms. The van der Waals surface area contributed by atoms with Crippen LogP contribution in [0.5, 0.6) is 0 Å². The normalized spacial score (nSPS) is 9.71. The fourth-order valence-corrected chi connectivity index (χ4v) is 3.66. The SMILES string of the molecule is C.Cc1[nH]ccc1-c1ccncc1.O=C(O)c1[nH]ccc1-c1ccncc1.c1cc(-c2cc[nH]c2)ccn1. The Morgan fingerprint density at radius 3 is 1.61 bits per heavy atom. The van der Waals surface area contributed by atoms with E-state index >= 15 is 0 Å². The highest BCUT2D eigenvalue weighted by molar-refractivity contribution is 5.94. The van der Waals surface area contributed by atoms with E-state index in [0.717, 1.165) is 5.56 Å². The maximum absolute atomic E-state index is 10.8. The number of H-pyrrole nitrogens is 3. The Morgan fingerprint density at radius 1 is 0.632 bits per heavy atom. The minimum absolute atomic E-state index is 0. The molecular formula is C30H30N6O2. The topological polar surface area (TPSA) is 123 Å². The third-order valence-electron chi connectivity index (χ3n) is 5.51. The minimum atomic E-state index is -0.957. The second-order valence-electron chi connectivity index (χ2n) is 7.90. The van der Waals surface area contributed by atoms with Gasteiger partial charge in [0, 0.05) is 78.8 Å². The molecule has 6 heterocycles. The van der Waals surface area contributed by atoms with Crippen LogP contribution in [0, 0.1) is 6.92 Å². The predicted octanol–water partition coefficient (Wildman–Crippen LogP) is 6.87. The Kier molecular flexibility index (Phi) is 9.89. The first-order chi connectivity index (χ1) is 18.1. The van der Waals surface area contributed by atoms with Gasteiger partial charge >= 0.3 is 5.97 Å².